The third-order valence-electron chi connectivity index (χ3n) is 3.62. The minimum atomic E-state index is 0.138. The first-order chi connectivity index (χ1) is 9.83. The third-order valence-corrected chi connectivity index (χ3v) is 3.62. The predicted molar refractivity (Wildman–Crippen MR) is 83.3 cm³/mol. The summed E-state index contributed by atoms with van der Waals surface area (Å²) in [7, 11) is 0. The van der Waals surface area contributed by atoms with Gasteiger partial charge in [-0.15, -0.1) is 0 Å². The van der Waals surface area contributed by atoms with Crippen LogP contribution in [0.5, 0.6) is 0 Å². The molecule has 1 fully saturated rings. The van der Waals surface area contributed by atoms with Crippen LogP contribution in [0.15, 0.2) is 24.3 Å². The van der Waals surface area contributed by atoms with E-state index in [-0.39, 0.29) is 6.61 Å². The lowest BCUT2D eigenvalue weighted by Crippen LogP contribution is -2.26. The highest BCUT2D eigenvalue weighted by Crippen LogP contribution is 2.30. The number of aliphatic hydroxyl groups is 1. The summed E-state index contributed by atoms with van der Waals surface area (Å²) in [4.78, 5) is 2.56. The highest BCUT2D eigenvalue weighted by Gasteiger charge is 2.24. The summed E-state index contributed by atoms with van der Waals surface area (Å²) in [5.41, 5.74) is 2.42. The van der Waals surface area contributed by atoms with Crippen molar-refractivity contribution in [2.45, 2.75) is 39.2 Å². The standard InChI is InChI=1S/C18H25NO/c1-2-12-19(14-16-10-11-16)15-18-9-4-3-7-17(18)8-5-6-13-20/h3-4,7,9,16,20H,2,6,10-15H2,1H3. The van der Waals surface area contributed by atoms with E-state index in [1.807, 2.05) is 6.07 Å². The molecule has 1 saturated carbocycles. The minimum Gasteiger partial charge on any atom is -0.395 e. The molecule has 2 nitrogen and oxygen atoms in total. The molecule has 1 aromatic carbocycles. The Balaban J connectivity index is 2.04. The first-order valence-electron chi connectivity index (χ1n) is 7.73. The zero-order chi connectivity index (χ0) is 14.2. The van der Waals surface area contributed by atoms with Gasteiger partial charge in [0.25, 0.3) is 0 Å². The van der Waals surface area contributed by atoms with Crippen molar-refractivity contribution in [3.05, 3.63) is 35.4 Å². The molecule has 0 heterocycles. The molecule has 0 spiro atoms. The van der Waals surface area contributed by atoms with Crippen LogP contribution < -0.4 is 0 Å². The van der Waals surface area contributed by atoms with Crippen LogP contribution >= 0.6 is 0 Å². The summed E-state index contributed by atoms with van der Waals surface area (Å²) in [6, 6.07) is 8.39. The van der Waals surface area contributed by atoms with Gasteiger partial charge >= 0.3 is 0 Å². The van der Waals surface area contributed by atoms with Crippen molar-refractivity contribution in [2.24, 2.45) is 5.92 Å². The molecule has 0 aliphatic heterocycles. The average molecular weight is 271 g/mol. The highest BCUT2D eigenvalue weighted by atomic mass is 16.2. The van der Waals surface area contributed by atoms with Gasteiger partial charge in [0.15, 0.2) is 0 Å². The molecule has 1 aromatic rings. The Kier molecular flexibility index (Phi) is 6.11. The second-order valence-electron chi connectivity index (χ2n) is 5.61. The predicted octanol–water partition coefficient (Wildman–Crippen LogP) is 3.04. The quantitative estimate of drug-likeness (QED) is 0.771. The maximum absolute atomic E-state index is 8.82. The number of aliphatic hydroxyl groups excluding tert-OH is 1. The van der Waals surface area contributed by atoms with Gasteiger partial charge in [0.05, 0.1) is 6.61 Å². The number of rotatable bonds is 7. The summed E-state index contributed by atoms with van der Waals surface area (Å²) in [6.07, 6.45) is 4.55. The molecule has 2 heteroatoms. The third kappa shape index (κ3) is 5.00. The van der Waals surface area contributed by atoms with Crippen LogP contribution in [0, 0.1) is 17.8 Å². The van der Waals surface area contributed by atoms with Crippen molar-refractivity contribution >= 4 is 0 Å². The van der Waals surface area contributed by atoms with Crippen LogP contribution in [0.25, 0.3) is 0 Å². The lowest BCUT2D eigenvalue weighted by Gasteiger charge is -2.22. The van der Waals surface area contributed by atoms with E-state index < -0.39 is 0 Å². The number of hydrogen-bond donors (Lipinski definition) is 1. The molecular weight excluding hydrogens is 246 g/mol. The summed E-state index contributed by atoms with van der Waals surface area (Å²) in [5, 5.41) is 8.82. The van der Waals surface area contributed by atoms with Crippen LogP contribution in [0.2, 0.25) is 0 Å². The van der Waals surface area contributed by atoms with Crippen molar-refractivity contribution in [2.75, 3.05) is 19.7 Å². The smallest absolute Gasteiger partial charge is 0.0540 e. The molecule has 0 radical (unpaired) electrons. The van der Waals surface area contributed by atoms with Gasteiger partial charge < -0.3 is 5.11 Å². The molecule has 0 saturated heterocycles. The fourth-order valence-electron chi connectivity index (χ4n) is 2.45. The maximum Gasteiger partial charge on any atom is 0.0540 e. The Morgan fingerprint density at radius 1 is 1.30 bits per heavy atom. The molecule has 0 bridgehead atoms. The molecule has 20 heavy (non-hydrogen) atoms. The van der Waals surface area contributed by atoms with Gasteiger partial charge in [-0.2, -0.15) is 0 Å². The zero-order valence-electron chi connectivity index (χ0n) is 12.4. The van der Waals surface area contributed by atoms with Crippen molar-refractivity contribution in [1.82, 2.24) is 4.90 Å². The van der Waals surface area contributed by atoms with Gasteiger partial charge in [-0.25, -0.2) is 0 Å². The summed E-state index contributed by atoms with van der Waals surface area (Å²) in [6.45, 7) is 5.77. The SMILES string of the molecule is CCCN(Cc1ccccc1C#CCCO)CC1CC1. The van der Waals surface area contributed by atoms with Gasteiger partial charge in [0, 0.05) is 25.1 Å². The van der Waals surface area contributed by atoms with E-state index in [0.29, 0.717) is 6.42 Å². The van der Waals surface area contributed by atoms with E-state index in [4.69, 9.17) is 5.11 Å². The lowest BCUT2D eigenvalue weighted by molar-refractivity contribution is 0.255. The Morgan fingerprint density at radius 2 is 2.10 bits per heavy atom. The normalized spacial score (nSPS) is 14.2. The Labute approximate surface area is 122 Å². The fourth-order valence-corrected chi connectivity index (χ4v) is 2.45. The molecule has 1 N–H and O–H groups in total. The summed E-state index contributed by atoms with van der Waals surface area (Å²) < 4.78 is 0. The Bertz CT molecular complexity index is 468. The number of nitrogens with zero attached hydrogens (tertiary/aromatic N) is 1. The Hall–Kier alpha value is -1.30. The van der Waals surface area contributed by atoms with Gasteiger partial charge in [0.1, 0.15) is 0 Å². The molecule has 0 aromatic heterocycles. The van der Waals surface area contributed by atoms with Gasteiger partial charge in [-0.05, 0) is 43.4 Å². The second-order valence-corrected chi connectivity index (χ2v) is 5.61. The van der Waals surface area contributed by atoms with Crippen molar-refractivity contribution in [1.29, 1.82) is 0 Å². The average Bonchev–Trinajstić information content (AvgIpc) is 3.25. The first kappa shape index (κ1) is 15.1. The summed E-state index contributed by atoms with van der Waals surface area (Å²) in [5.74, 6) is 7.15. The monoisotopic (exact) mass is 271 g/mol. The summed E-state index contributed by atoms with van der Waals surface area (Å²) >= 11 is 0. The number of benzene rings is 1. The van der Waals surface area contributed by atoms with Gasteiger partial charge in [0.2, 0.25) is 0 Å². The van der Waals surface area contributed by atoms with Crippen LogP contribution in [0.4, 0.5) is 0 Å². The van der Waals surface area contributed by atoms with Crippen molar-refractivity contribution in [3.8, 4) is 11.8 Å². The van der Waals surface area contributed by atoms with E-state index in [1.165, 1.54) is 31.4 Å². The maximum atomic E-state index is 8.82. The van der Waals surface area contributed by atoms with E-state index in [0.717, 1.165) is 24.6 Å². The van der Waals surface area contributed by atoms with Gasteiger partial charge in [-0.3, -0.25) is 4.90 Å². The molecule has 1 aliphatic rings. The van der Waals surface area contributed by atoms with Crippen LogP contribution in [0.3, 0.4) is 0 Å². The topological polar surface area (TPSA) is 23.5 Å². The van der Waals surface area contributed by atoms with Crippen molar-refractivity contribution in [3.63, 3.8) is 0 Å². The molecule has 0 amide bonds. The Morgan fingerprint density at radius 3 is 2.80 bits per heavy atom. The molecule has 2 rings (SSSR count). The zero-order valence-corrected chi connectivity index (χ0v) is 12.4. The van der Waals surface area contributed by atoms with E-state index in [9.17, 15) is 0 Å². The molecular formula is C18H25NO. The number of hydrogen-bond acceptors (Lipinski definition) is 2. The van der Waals surface area contributed by atoms with E-state index >= 15 is 0 Å². The lowest BCUT2D eigenvalue weighted by atomic mass is 10.1. The van der Waals surface area contributed by atoms with E-state index in [1.54, 1.807) is 0 Å². The van der Waals surface area contributed by atoms with Crippen LogP contribution in [-0.2, 0) is 6.54 Å². The molecule has 1 aliphatic carbocycles. The fraction of sp³-hybridized carbons (Fsp3) is 0.556. The highest BCUT2D eigenvalue weighted by molar-refractivity contribution is 5.41. The van der Waals surface area contributed by atoms with Crippen LogP contribution in [0.1, 0.15) is 43.7 Å². The van der Waals surface area contributed by atoms with E-state index in [2.05, 4.69) is 41.9 Å². The molecule has 0 atom stereocenters. The molecule has 0 unspecified atom stereocenters. The first-order valence-corrected chi connectivity index (χ1v) is 7.73. The van der Waals surface area contributed by atoms with Gasteiger partial charge in [-0.1, -0.05) is 37.0 Å². The molecule has 108 valence electrons. The largest absolute Gasteiger partial charge is 0.395 e. The minimum absolute atomic E-state index is 0.138. The van der Waals surface area contributed by atoms with Crippen molar-refractivity contribution < 1.29 is 5.11 Å². The second kappa shape index (κ2) is 8.09. The van der Waals surface area contributed by atoms with Crippen LogP contribution in [-0.4, -0.2) is 29.7 Å².